The predicted molar refractivity (Wildman–Crippen MR) is 196 cm³/mol. The standard InChI is InChI=1S/C48H34O2/c1-31-41-43(47(35-23-11-5-12-24-35)39-29-17-15-27-37(39)45(41,49-47)33-19-7-3-8-20-33)32(2)44-42(31)46(34-21-9-4-10-22-34)38-28-16-18-30-40(38)48(44,50-46)36-25-13-6-14-26-36/h3-30H,1-2H3/t45-,46+,47-,48+. The van der Waals surface area contributed by atoms with E-state index in [1.54, 1.807) is 0 Å². The minimum absolute atomic E-state index is 0.813. The maximum absolute atomic E-state index is 7.91. The zero-order valence-corrected chi connectivity index (χ0v) is 28.0. The van der Waals surface area contributed by atoms with Crippen LogP contribution in [0.15, 0.2) is 170 Å². The summed E-state index contributed by atoms with van der Waals surface area (Å²) in [5, 5.41) is 0. The van der Waals surface area contributed by atoms with Crippen molar-refractivity contribution in [3.63, 3.8) is 0 Å². The van der Waals surface area contributed by atoms with E-state index >= 15 is 0 Å². The molecule has 0 unspecified atom stereocenters. The second-order valence-electron chi connectivity index (χ2n) is 14.2. The van der Waals surface area contributed by atoms with Crippen LogP contribution in [0, 0.1) is 13.8 Å². The molecular weight excluding hydrogens is 609 g/mol. The summed E-state index contributed by atoms with van der Waals surface area (Å²) >= 11 is 0. The molecule has 0 saturated heterocycles. The highest BCUT2D eigenvalue weighted by Crippen LogP contribution is 2.73. The Morgan fingerprint density at radius 3 is 0.700 bits per heavy atom. The molecule has 4 aliphatic heterocycles. The van der Waals surface area contributed by atoms with Gasteiger partial charge >= 0.3 is 0 Å². The molecule has 4 heterocycles. The normalized spacial score (nSPS) is 26.0. The first-order chi connectivity index (χ1) is 24.6. The number of rotatable bonds is 4. The summed E-state index contributed by atoms with van der Waals surface area (Å²) in [5.74, 6) is 0. The zero-order valence-electron chi connectivity index (χ0n) is 28.0. The molecule has 4 bridgehead atoms. The Balaban J connectivity index is 1.38. The summed E-state index contributed by atoms with van der Waals surface area (Å²) in [6.45, 7) is 4.67. The van der Waals surface area contributed by atoms with Gasteiger partial charge in [0.25, 0.3) is 0 Å². The lowest BCUT2D eigenvalue weighted by Crippen LogP contribution is -2.35. The van der Waals surface area contributed by atoms with Gasteiger partial charge in [0, 0.05) is 22.3 Å². The molecule has 0 fully saturated rings. The maximum atomic E-state index is 7.91. The Bertz CT molecular complexity index is 2160. The van der Waals surface area contributed by atoms with Gasteiger partial charge in [0.1, 0.15) is 22.4 Å². The van der Waals surface area contributed by atoms with Crippen molar-refractivity contribution in [1.29, 1.82) is 0 Å². The number of hydrogen-bond donors (Lipinski definition) is 0. The zero-order chi connectivity index (χ0) is 33.3. The van der Waals surface area contributed by atoms with Crippen molar-refractivity contribution in [2.45, 2.75) is 36.3 Å². The minimum atomic E-state index is -0.813. The number of hydrogen-bond acceptors (Lipinski definition) is 2. The molecule has 11 rings (SSSR count). The van der Waals surface area contributed by atoms with Crippen LogP contribution in [-0.4, -0.2) is 0 Å². The summed E-state index contributed by atoms with van der Waals surface area (Å²) in [6, 6.07) is 61.3. The lowest BCUT2D eigenvalue weighted by atomic mass is 9.59. The second kappa shape index (κ2) is 9.57. The van der Waals surface area contributed by atoms with Crippen LogP contribution in [0.1, 0.15) is 77.9 Å². The van der Waals surface area contributed by atoms with Crippen LogP contribution in [0.2, 0.25) is 0 Å². The molecule has 0 aromatic heterocycles. The first-order valence-electron chi connectivity index (χ1n) is 17.6. The molecule has 7 aromatic carbocycles. The summed E-state index contributed by atoms with van der Waals surface area (Å²) in [6.07, 6.45) is 0. The molecule has 0 saturated carbocycles. The Morgan fingerprint density at radius 1 is 0.280 bits per heavy atom. The van der Waals surface area contributed by atoms with Crippen molar-refractivity contribution < 1.29 is 9.47 Å². The van der Waals surface area contributed by atoms with E-state index < -0.39 is 22.4 Å². The summed E-state index contributed by atoms with van der Waals surface area (Å²) in [4.78, 5) is 0. The molecule has 4 aliphatic rings. The molecule has 2 nitrogen and oxygen atoms in total. The van der Waals surface area contributed by atoms with E-state index in [0.717, 1.165) is 22.3 Å². The Morgan fingerprint density at radius 2 is 0.480 bits per heavy atom. The van der Waals surface area contributed by atoms with Gasteiger partial charge in [0.2, 0.25) is 0 Å². The Kier molecular flexibility index (Phi) is 5.42. The fraction of sp³-hybridized carbons (Fsp3) is 0.125. The third-order valence-electron chi connectivity index (χ3n) is 12.1. The van der Waals surface area contributed by atoms with Gasteiger partial charge in [0.05, 0.1) is 0 Å². The van der Waals surface area contributed by atoms with Crippen LogP contribution in [0.25, 0.3) is 0 Å². The number of benzene rings is 7. The fourth-order valence-corrected chi connectivity index (χ4v) is 10.5. The third-order valence-corrected chi connectivity index (χ3v) is 12.1. The van der Waals surface area contributed by atoms with Crippen LogP contribution < -0.4 is 0 Å². The lowest BCUT2D eigenvalue weighted by molar-refractivity contribution is -0.0302. The van der Waals surface area contributed by atoms with Crippen molar-refractivity contribution in [1.82, 2.24) is 0 Å². The summed E-state index contributed by atoms with van der Waals surface area (Å²) in [5.41, 5.74) is 13.6. The SMILES string of the molecule is Cc1c2c(c(C)c3c1[C@@]1(c4ccccc4)O[C@@]3(c3ccccc3)c3ccccc31)[C@]1(c3ccccc3)O[C@]2(c2ccccc2)c2ccccc21. The van der Waals surface area contributed by atoms with Crippen molar-refractivity contribution in [3.05, 3.63) is 248 Å². The Labute approximate surface area is 292 Å². The number of ether oxygens (including phenoxy) is 2. The number of fused-ring (bicyclic) bond motifs is 16. The highest BCUT2D eigenvalue weighted by molar-refractivity contribution is 5.81. The van der Waals surface area contributed by atoms with Gasteiger partial charge in [-0.3, -0.25) is 0 Å². The summed E-state index contributed by atoms with van der Waals surface area (Å²) in [7, 11) is 0. The first-order valence-corrected chi connectivity index (χ1v) is 17.6. The molecular formula is C48H34O2. The van der Waals surface area contributed by atoms with E-state index in [1.807, 2.05) is 0 Å². The maximum Gasteiger partial charge on any atom is 0.146 e. The van der Waals surface area contributed by atoms with E-state index in [0.29, 0.717) is 0 Å². The van der Waals surface area contributed by atoms with Gasteiger partial charge in [-0.1, -0.05) is 170 Å². The van der Waals surface area contributed by atoms with Crippen molar-refractivity contribution >= 4 is 0 Å². The van der Waals surface area contributed by atoms with Crippen LogP contribution >= 0.6 is 0 Å². The molecule has 0 amide bonds. The van der Waals surface area contributed by atoms with Gasteiger partial charge in [-0.05, 0) is 69.5 Å². The van der Waals surface area contributed by atoms with Crippen LogP contribution in [-0.2, 0) is 31.9 Å². The van der Waals surface area contributed by atoms with Gasteiger partial charge in [-0.25, -0.2) is 0 Å². The molecule has 2 heteroatoms. The smallest absolute Gasteiger partial charge is 0.146 e. The predicted octanol–water partition coefficient (Wildman–Crippen LogP) is 10.2. The topological polar surface area (TPSA) is 18.5 Å². The van der Waals surface area contributed by atoms with Crippen molar-refractivity contribution in [3.8, 4) is 0 Å². The van der Waals surface area contributed by atoms with Gasteiger partial charge in [-0.15, -0.1) is 0 Å². The highest BCUT2D eigenvalue weighted by atomic mass is 16.5. The molecule has 0 aliphatic carbocycles. The van der Waals surface area contributed by atoms with Crippen LogP contribution in [0.5, 0.6) is 0 Å². The average Bonchev–Trinajstić information content (AvgIpc) is 3.90. The molecule has 0 N–H and O–H groups in total. The quantitative estimate of drug-likeness (QED) is 0.190. The van der Waals surface area contributed by atoms with Crippen LogP contribution in [0.4, 0.5) is 0 Å². The van der Waals surface area contributed by atoms with E-state index in [1.165, 1.54) is 55.6 Å². The van der Waals surface area contributed by atoms with E-state index in [2.05, 4.69) is 184 Å². The first kappa shape index (κ1) is 28.3. The molecule has 238 valence electrons. The van der Waals surface area contributed by atoms with Crippen molar-refractivity contribution in [2.24, 2.45) is 0 Å². The van der Waals surface area contributed by atoms with E-state index in [-0.39, 0.29) is 0 Å². The molecule has 0 spiro atoms. The second-order valence-corrected chi connectivity index (χ2v) is 14.2. The highest BCUT2D eigenvalue weighted by Gasteiger charge is 2.70. The summed E-state index contributed by atoms with van der Waals surface area (Å²) < 4.78 is 15.8. The molecule has 4 atom stereocenters. The molecule has 7 aromatic rings. The molecule has 50 heavy (non-hydrogen) atoms. The van der Waals surface area contributed by atoms with Gasteiger partial charge in [0.15, 0.2) is 0 Å². The lowest BCUT2D eigenvalue weighted by Gasteiger charge is -2.39. The van der Waals surface area contributed by atoms with Crippen LogP contribution in [0.3, 0.4) is 0 Å². The largest absolute Gasteiger partial charge is 0.340 e. The van der Waals surface area contributed by atoms with Gasteiger partial charge in [-0.2, -0.15) is 0 Å². The Hall–Kier alpha value is -5.54. The van der Waals surface area contributed by atoms with E-state index in [9.17, 15) is 0 Å². The minimum Gasteiger partial charge on any atom is -0.340 e. The fourth-order valence-electron chi connectivity index (χ4n) is 10.5. The monoisotopic (exact) mass is 642 g/mol. The van der Waals surface area contributed by atoms with Gasteiger partial charge < -0.3 is 9.47 Å². The third kappa shape index (κ3) is 2.98. The van der Waals surface area contributed by atoms with Crippen molar-refractivity contribution in [2.75, 3.05) is 0 Å². The average molecular weight is 643 g/mol. The molecule has 0 radical (unpaired) electrons. The van der Waals surface area contributed by atoms with E-state index in [4.69, 9.17) is 9.47 Å².